The van der Waals surface area contributed by atoms with Gasteiger partial charge in [-0.2, -0.15) is 0 Å². The van der Waals surface area contributed by atoms with E-state index in [1.54, 1.807) is 6.08 Å². The van der Waals surface area contributed by atoms with Crippen LogP contribution in [0.15, 0.2) is 12.2 Å². The maximum atomic E-state index is 12.5. The molecule has 14 heteroatoms. The van der Waals surface area contributed by atoms with Gasteiger partial charge in [-0.15, -0.1) is 0 Å². The van der Waals surface area contributed by atoms with Gasteiger partial charge in [0.2, 0.25) is 5.91 Å². The van der Waals surface area contributed by atoms with E-state index in [0.29, 0.717) is 6.42 Å². The molecule has 396 valence electrons. The molecule has 2 aliphatic heterocycles. The van der Waals surface area contributed by atoms with Crippen LogP contribution in [0.4, 0.5) is 0 Å². The number of carbonyl (C=O) groups excluding carboxylic acids is 1. The van der Waals surface area contributed by atoms with Crippen LogP contribution >= 0.6 is 0 Å². The fourth-order valence-corrected chi connectivity index (χ4v) is 9.28. The maximum Gasteiger partial charge on any atom is 0.220 e. The van der Waals surface area contributed by atoms with E-state index >= 15 is 0 Å². The molecule has 2 fully saturated rings. The smallest absolute Gasteiger partial charge is 0.220 e. The highest BCUT2D eigenvalue weighted by atomic mass is 16.7. The molecule has 2 saturated heterocycles. The van der Waals surface area contributed by atoms with Crippen molar-refractivity contribution in [2.75, 3.05) is 19.8 Å². The predicted octanol–water partition coefficient (Wildman–Crippen LogP) is 7.94. The van der Waals surface area contributed by atoms with Crippen LogP contribution < -0.4 is 5.32 Å². The highest BCUT2D eigenvalue weighted by Crippen LogP contribution is 2.30. The Morgan fingerprint density at radius 3 is 1.34 bits per heavy atom. The van der Waals surface area contributed by atoms with Gasteiger partial charge in [-0.1, -0.05) is 212 Å². The second kappa shape index (κ2) is 40.3. The minimum absolute atomic E-state index is 0.234. The molecule has 2 rings (SSSR count). The molecule has 2 aliphatic rings. The highest BCUT2D eigenvalue weighted by Gasteiger charge is 2.51. The molecule has 0 aromatic heterocycles. The number of amides is 1. The summed E-state index contributed by atoms with van der Waals surface area (Å²) in [5.41, 5.74) is 0. The zero-order chi connectivity index (χ0) is 48.9. The summed E-state index contributed by atoms with van der Waals surface area (Å²) in [6, 6.07) is -0.905. The Labute approximate surface area is 406 Å². The summed E-state index contributed by atoms with van der Waals surface area (Å²) in [7, 11) is 0. The molecule has 0 aromatic carbocycles. The van der Waals surface area contributed by atoms with Crippen molar-refractivity contribution < 1.29 is 64.6 Å². The van der Waals surface area contributed by atoms with Gasteiger partial charge in [-0.3, -0.25) is 4.79 Å². The van der Waals surface area contributed by atoms with E-state index in [1.807, 2.05) is 13.0 Å². The van der Waals surface area contributed by atoms with Crippen molar-refractivity contribution >= 4 is 5.91 Å². The minimum atomic E-state index is -1.78. The van der Waals surface area contributed by atoms with Gasteiger partial charge in [-0.25, -0.2) is 0 Å². The molecule has 0 aliphatic carbocycles. The van der Waals surface area contributed by atoms with Crippen molar-refractivity contribution in [3.8, 4) is 0 Å². The van der Waals surface area contributed by atoms with Gasteiger partial charge in [-0.05, 0) is 19.3 Å². The second-order valence-corrected chi connectivity index (χ2v) is 19.7. The first-order chi connectivity index (χ1) is 32.6. The van der Waals surface area contributed by atoms with Crippen molar-refractivity contribution in [2.24, 2.45) is 0 Å². The first-order valence-electron chi connectivity index (χ1n) is 27.4. The van der Waals surface area contributed by atoms with Crippen LogP contribution in [-0.2, 0) is 23.7 Å². The molecular weight excluding hydrogens is 859 g/mol. The predicted molar refractivity (Wildman–Crippen MR) is 263 cm³/mol. The van der Waals surface area contributed by atoms with E-state index in [-0.39, 0.29) is 18.9 Å². The summed E-state index contributed by atoms with van der Waals surface area (Å²) in [5.74, 6) is -0.291. The van der Waals surface area contributed by atoms with Gasteiger partial charge < -0.3 is 65.1 Å². The number of nitrogens with one attached hydrogen (secondary N) is 1. The number of carbonyl (C=O) groups is 1. The van der Waals surface area contributed by atoms with Gasteiger partial charge in [0, 0.05) is 6.42 Å². The van der Waals surface area contributed by atoms with Crippen molar-refractivity contribution in [1.82, 2.24) is 5.32 Å². The molecule has 12 atom stereocenters. The lowest BCUT2D eigenvalue weighted by molar-refractivity contribution is -0.359. The van der Waals surface area contributed by atoms with Crippen LogP contribution in [-0.4, -0.2) is 140 Å². The summed E-state index contributed by atoms with van der Waals surface area (Å²) in [5, 5.41) is 85.8. The first kappa shape index (κ1) is 61.8. The third-order valence-electron chi connectivity index (χ3n) is 13.7. The number of hydrogen-bond acceptors (Lipinski definition) is 13. The molecule has 9 N–H and O–H groups in total. The monoisotopic (exact) mass is 960 g/mol. The minimum Gasteiger partial charge on any atom is -0.394 e. The van der Waals surface area contributed by atoms with Crippen LogP contribution in [0.3, 0.4) is 0 Å². The SMILES string of the molecule is CCCCCCCCCCCCCCCCCCCCCCCCCCCCCCCC/C=C/C(O)C(COC1OC(CO)C(OC2OC(CO)C(O)C(O)C2O)C(O)C1O)NC(=O)CCC. The van der Waals surface area contributed by atoms with Crippen molar-refractivity contribution in [3.63, 3.8) is 0 Å². The van der Waals surface area contributed by atoms with Gasteiger partial charge in [0.05, 0.1) is 32.0 Å². The standard InChI is InChI=1S/C53H101NO13/c1-3-5-6-7-8-9-10-11-12-13-14-15-16-17-18-19-20-21-22-23-24-25-26-27-28-29-30-31-32-33-34-35-37-42(57)41(54-45(58)36-4-2)40-64-52-50(63)48(61)51(44(39-56)66-52)67-53-49(62)47(60)46(59)43(38-55)65-53/h35,37,41-44,46-53,55-57,59-63H,3-34,36,38-40H2,1-2H3,(H,54,58)/b37-35+. The second-order valence-electron chi connectivity index (χ2n) is 19.7. The van der Waals surface area contributed by atoms with Crippen LogP contribution in [0.25, 0.3) is 0 Å². The molecule has 2 heterocycles. The maximum absolute atomic E-state index is 12.5. The molecule has 0 spiro atoms. The average Bonchev–Trinajstić information content (AvgIpc) is 3.32. The van der Waals surface area contributed by atoms with Gasteiger partial charge >= 0.3 is 0 Å². The number of rotatable bonds is 43. The highest BCUT2D eigenvalue weighted by molar-refractivity contribution is 5.76. The van der Waals surface area contributed by atoms with Crippen LogP contribution in [0.5, 0.6) is 0 Å². The van der Waals surface area contributed by atoms with Crippen LogP contribution in [0.1, 0.15) is 226 Å². The Kier molecular flexibility index (Phi) is 37.2. The fourth-order valence-electron chi connectivity index (χ4n) is 9.28. The number of aliphatic hydroxyl groups is 8. The topological polar surface area (TPSA) is 228 Å². The number of allylic oxidation sites excluding steroid dienone is 1. The van der Waals surface area contributed by atoms with Gasteiger partial charge in [0.25, 0.3) is 0 Å². The summed E-state index contributed by atoms with van der Waals surface area (Å²) >= 11 is 0. The van der Waals surface area contributed by atoms with E-state index in [1.165, 1.54) is 180 Å². The van der Waals surface area contributed by atoms with Crippen LogP contribution in [0.2, 0.25) is 0 Å². The Hall–Kier alpha value is -1.27. The summed E-state index contributed by atoms with van der Waals surface area (Å²) in [6.45, 7) is 2.43. The fraction of sp³-hybridized carbons (Fsp3) is 0.943. The quantitative estimate of drug-likeness (QED) is 0.0209. The zero-order valence-corrected chi connectivity index (χ0v) is 42.2. The Morgan fingerprint density at radius 1 is 0.522 bits per heavy atom. The molecule has 67 heavy (non-hydrogen) atoms. The van der Waals surface area contributed by atoms with E-state index in [4.69, 9.17) is 18.9 Å². The average molecular weight is 960 g/mol. The number of unbranched alkanes of at least 4 members (excludes halogenated alkanes) is 30. The first-order valence-corrected chi connectivity index (χ1v) is 27.4. The molecular formula is C53H101NO13. The molecule has 0 saturated carbocycles. The van der Waals surface area contributed by atoms with E-state index < -0.39 is 86.8 Å². The van der Waals surface area contributed by atoms with Crippen molar-refractivity contribution in [1.29, 1.82) is 0 Å². The number of hydrogen-bond donors (Lipinski definition) is 9. The van der Waals surface area contributed by atoms with Gasteiger partial charge in [0.15, 0.2) is 12.6 Å². The third kappa shape index (κ3) is 27.2. The summed E-state index contributed by atoms with van der Waals surface area (Å²) in [4.78, 5) is 12.5. The Balaban J connectivity index is 1.50. The Morgan fingerprint density at radius 2 is 0.925 bits per heavy atom. The van der Waals surface area contributed by atoms with Crippen molar-refractivity contribution in [3.05, 3.63) is 12.2 Å². The normalized spacial score (nSPS) is 26.6. The molecule has 14 nitrogen and oxygen atoms in total. The number of ether oxygens (including phenoxy) is 4. The summed E-state index contributed by atoms with van der Waals surface area (Å²) < 4.78 is 22.4. The van der Waals surface area contributed by atoms with Gasteiger partial charge in [0.1, 0.15) is 48.8 Å². The summed E-state index contributed by atoms with van der Waals surface area (Å²) in [6.07, 6.45) is 29.2. The molecule has 0 aromatic rings. The lowest BCUT2D eigenvalue weighted by atomic mass is 9.97. The van der Waals surface area contributed by atoms with E-state index in [2.05, 4.69) is 12.2 Å². The third-order valence-corrected chi connectivity index (χ3v) is 13.7. The van der Waals surface area contributed by atoms with Crippen molar-refractivity contribution in [2.45, 2.75) is 299 Å². The van der Waals surface area contributed by atoms with E-state index in [0.717, 1.165) is 19.3 Å². The lowest BCUT2D eigenvalue weighted by Gasteiger charge is -2.46. The lowest BCUT2D eigenvalue weighted by Crippen LogP contribution is -2.65. The number of aliphatic hydroxyl groups excluding tert-OH is 8. The zero-order valence-electron chi connectivity index (χ0n) is 42.2. The molecule has 1 amide bonds. The van der Waals surface area contributed by atoms with E-state index in [9.17, 15) is 45.6 Å². The Bertz CT molecular complexity index is 1180. The molecule has 0 bridgehead atoms. The van der Waals surface area contributed by atoms with Crippen LogP contribution in [0, 0.1) is 0 Å². The molecule has 12 unspecified atom stereocenters. The largest absolute Gasteiger partial charge is 0.394 e. The molecule has 0 radical (unpaired) electrons.